The summed E-state index contributed by atoms with van der Waals surface area (Å²) in [6.45, 7) is 0. The maximum absolute atomic E-state index is 5.84. The standard InChI is InChI=1S/C25H18N2S3/c28-24-18-10-4-6-12-20(18)26-14-22(24)30-25-19-11-5-7-13-21(19)27-15-23(25)29-16-17-8-2-1-3-9-17/h1-15H,16H2,(H,26,28). The fourth-order valence-corrected chi connectivity index (χ4v) is 5.90. The average Bonchev–Trinajstić information content (AvgIpc) is 2.81. The molecule has 0 saturated heterocycles. The number of fused-ring (bicyclic) bond motifs is 2. The molecule has 0 atom stereocenters. The van der Waals surface area contributed by atoms with Gasteiger partial charge in [0.15, 0.2) is 0 Å². The van der Waals surface area contributed by atoms with Crippen LogP contribution < -0.4 is 0 Å². The highest BCUT2D eigenvalue weighted by Crippen LogP contribution is 2.41. The van der Waals surface area contributed by atoms with E-state index in [1.54, 1.807) is 11.8 Å². The lowest BCUT2D eigenvalue weighted by Gasteiger charge is -2.13. The number of nitrogens with zero attached hydrogens (tertiary/aromatic N) is 1. The molecule has 0 amide bonds. The van der Waals surface area contributed by atoms with Crippen molar-refractivity contribution in [2.75, 3.05) is 0 Å². The topological polar surface area (TPSA) is 28.7 Å². The van der Waals surface area contributed by atoms with Gasteiger partial charge in [-0.1, -0.05) is 90.7 Å². The lowest BCUT2D eigenvalue weighted by Crippen LogP contribution is -1.89. The lowest BCUT2D eigenvalue weighted by atomic mass is 10.2. The maximum Gasteiger partial charge on any atom is 0.0714 e. The number of aromatic amines is 1. The molecule has 5 heteroatoms. The number of hydrogen-bond donors (Lipinski definition) is 1. The summed E-state index contributed by atoms with van der Waals surface area (Å²) in [6.07, 6.45) is 4.02. The van der Waals surface area contributed by atoms with Crippen molar-refractivity contribution < 1.29 is 0 Å². The van der Waals surface area contributed by atoms with Crippen LogP contribution in [0.5, 0.6) is 0 Å². The second kappa shape index (κ2) is 8.64. The number of thioether (sulfide) groups is 1. The molecule has 2 nitrogen and oxygen atoms in total. The Morgan fingerprint density at radius 1 is 0.800 bits per heavy atom. The minimum atomic E-state index is 0.884. The van der Waals surface area contributed by atoms with Gasteiger partial charge in [0.05, 0.1) is 10.0 Å². The predicted octanol–water partition coefficient (Wildman–Crippen LogP) is 7.89. The summed E-state index contributed by atoms with van der Waals surface area (Å²) in [5.41, 5.74) is 3.36. The van der Waals surface area contributed by atoms with Crippen molar-refractivity contribution in [1.82, 2.24) is 9.97 Å². The third-order valence-electron chi connectivity index (χ3n) is 4.90. The van der Waals surface area contributed by atoms with Crippen LogP contribution in [0.25, 0.3) is 21.8 Å². The summed E-state index contributed by atoms with van der Waals surface area (Å²) < 4.78 is 0.884. The van der Waals surface area contributed by atoms with Gasteiger partial charge < -0.3 is 4.98 Å². The predicted molar refractivity (Wildman–Crippen MR) is 131 cm³/mol. The lowest BCUT2D eigenvalue weighted by molar-refractivity contribution is 1.18. The van der Waals surface area contributed by atoms with Crippen LogP contribution in [0.15, 0.2) is 106 Å². The van der Waals surface area contributed by atoms with Gasteiger partial charge in [0.2, 0.25) is 0 Å². The largest absolute Gasteiger partial charge is 0.360 e. The highest BCUT2D eigenvalue weighted by atomic mass is 32.2. The fourth-order valence-electron chi connectivity index (χ4n) is 3.38. The highest BCUT2D eigenvalue weighted by molar-refractivity contribution is 8.02. The van der Waals surface area contributed by atoms with Gasteiger partial charge >= 0.3 is 0 Å². The van der Waals surface area contributed by atoms with E-state index in [1.165, 1.54) is 15.4 Å². The van der Waals surface area contributed by atoms with E-state index in [-0.39, 0.29) is 0 Å². The molecule has 2 aromatic heterocycles. The Hall–Kier alpha value is -2.60. The molecule has 5 aromatic rings. The normalized spacial score (nSPS) is 11.2. The third-order valence-corrected chi connectivity index (χ3v) is 7.88. The van der Waals surface area contributed by atoms with Gasteiger partial charge in [0, 0.05) is 49.1 Å². The Bertz CT molecular complexity index is 1390. The van der Waals surface area contributed by atoms with E-state index in [4.69, 9.17) is 17.2 Å². The van der Waals surface area contributed by atoms with E-state index in [0.29, 0.717) is 0 Å². The number of benzene rings is 3. The molecule has 0 spiro atoms. The molecule has 5 rings (SSSR count). The van der Waals surface area contributed by atoms with Gasteiger partial charge in [0.1, 0.15) is 0 Å². The summed E-state index contributed by atoms with van der Waals surface area (Å²) >= 11 is 9.38. The third kappa shape index (κ3) is 3.88. The second-order valence-electron chi connectivity index (χ2n) is 6.87. The first-order chi connectivity index (χ1) is 14.8. The van der Waals surface area contributed by atoms with Crippen LogP contribution in [-0.2, 0) is 5.75 Å². The van der Waals surface area contributed by atoms with E-state index in [1.807, 2.05) is 48.4 Å². The van der Waals surface area contributed by atoms with Gasteiger partial charge in [-0.3, -0.25) is 4.98 Å². The van der Waals surface area contributed by atoms with E-state index < -0.39 is 0 Å². The second-order valence-corrected chi connectivity index (χ2v) is 9.35. The smallest absolute Gasteiger partial charge is 0.0714 e. The maximum atomic E-state index is 5.84. The molecule has 0 bridgehead atoms. The van der Waals surface area contributed by atoms with Gasteiger partial charge in [-0.2, -0.15) is 0 Å². The van der Waals surface area contributed by atoms with Gasteiger partial charge in [-0.05, 0) is 17.7 Å². The van der Waals surface area contributed by atoms with Crippen molar-refractivity contribution in [2.45, 2.75) is 20.4 Å². The number of nitrogens with one attached hydrogen (secondary N) is 1. The number of H-pyrrole nitrogens is 1. The number of aromatic nitrogens is 2. The first-order valence-corrected chi connectivity index (χ1v) is 11.8. The molecular formula is C25H18N2S3. The van der Waals surface area contributed by atoms with Crippen LogP contribution >= 0.6 is 35.7 Å². The average molecular weight is 443 g/mol. The van der Waals surface area contributed by atoms with E-state index >= 15 is 0 Å². The molecule has 146 valence electrons. The minimum Gasteiger partial charge on any atom is -0.360 e. The summed E-state index contributed by atoms with van der Waals surface area (Å²) in [5.74, 6) is 0.902. The molecule has 0 radical (unpaired) electrons. The number of hydrogen-bond acceptors (Lipinski definition) is 4. The van der Waals surface area contributed by atoms with Crippen molar-refractivity contribution in [1.29, 1.82) is 0 Å². The zero-order valence-corrected chi connectivity index (χ0v) is 18.5. The molecule has 2 heterocycles. The van der Waals surface area contributed by atoms with Crippen molar-refractivity contribution >= 4 is 57.5 Å². The van der Waals surface area contributed by atoms with E-state index in [9.17, 15) is 0 Å². The van der Waals surface area contributed by atoms with Crippen molar-refractivity contribution in [2.24, 2.45) is 0 Å². The first-order valence-electron chi connectivity index (χ1n) is 9.62. The van der Waals surface area contributed by atoms with Crippen LogP contribution in [-0.4, -0.2) is 9.97 Å². The van der Waals surface area contributed by atoms with Crippen molar-refractivity contribution in [3.8, 4) is 0 Å². The molecule has 0 fully saturated rings. The summed E-state index contributed by atoms with van der Waals surface area (Å²) in [5, 5.41) is 2.23. The van der Waals surface area contributed by atoms with Gasteiger partial charge in [-0.15, -0.1) is 11.8 Å². The number of rotatable bonds is 5. The van der Waals surface area contributed by atoms with Crippen molar-refractivity contribution in [3.05, 3.63) is 101 Å². The molecular weight excluding hydrogens is 424 g/mol. The Balaban J connectivity index is 1.58. The zero-order valence-electron chi connectivity index (χ0n) is 16.0. The molecule has 0 saturated carbocycles. The summed E-state index contributed by atoms with van der Waals surface area (Å²) in [4.78, 5) is 11.5. The van der Waals surface area contributed by atoms with E-state index in [2.05, 4.69) is 59.6 Å². The minimum absolute atomic E-state index is 0.884. The van der Waals surface area contributed by atoms with Gasteiger partial charge in [-0.25, -0.2) is 0 Å². The first kappa shape index (κ1) is 19.4. The number of pyridine rings is 2. The van der Waals surface area contributed by atoms with E-state index in [0.717, 1.165) is 37.0 Å². The number of para-hydroxylation sites is 2. The molecule has 3 aromatic carbocycles. The van der Waals surface area contributed by atoms with Crippen LogP contribution in [0.2, 0.25) is 0 Å². The SMILES string of the molecule is S=c1c(Sc2c(SCc3ccccc3)cnc3ccccc23)c[nH]c2ccccc12. The van der Waals surface area contributed by atoms with Gasteiger partial charge in [0.25, 0.3) is 0 Å². The summed E-state index contributed by atoms with van der Waals surface area (Å²) in [6, 6.07) is 27.0. The van der Waals surface area contributed by atoms with Crippen LogP contribution in [0.4, 0.5) is 0 Å². The Labute approximate surface area is 188 Å². The van der Waals surface area contributed by atoms with Crippen LogP contribution in [0.3, 0.4) is 0 Å². The Kier molecular flexibility index (Phi) is 5.58. The molecule has 0 aliphatic rings. The molecule has 1 N–H and O–H groups in total. The van der Waals surface area contributed by atoms with Crippen LogP contribution in [0.1, 0.15) is 5.56 Å². The fraction of sp³-hybridized carbons (Fsp3) is 0.0400. The van der Waals surface area contributed by atoms with Crippen molar-refractivity contribution in [3.63, 3.8) is 0 Å². The Morgan fingerprint density at radius 2 is 1.53 bits per heavy atom. The quantitative estimate of drug-likeness (QED) is 0.221. The van der Waals surface area contributed by atoms with Crippen LogP contribution in [0, 0.1) is 4.51 Å². The molecule has 0 aliphatic carbocycles. The highest BCUT2D eigenvalue weighted by Gasteiger charge is 2.13. The molecule has 30 heavy (non-hydrogen) atoms. The monoisotopic (exact) mass is 442 g/mol. The molecule has 0 unspecified atom stereocenters. The Morgan fingerprint density at radius 3 is 2.40 bits per heavy atom. The molecule has 0 aliphatic heterocycles. The zero-order chi connectivity index (χ0) is 20.3. The summed E-state index contributed by atoms with van der Waals surface area (Å²) in [7, 11) is 0.